The molecule has 2 heterocycles. The van der Waals surface area contributed by atoms with E-state index in [9.17, 15) is 4.79 Å². The zero-order valence-corrected chi connectivity index (χ0v) is 12.6. The van der Waals surface area contributed by atoms with Crippen LogP contribution < -0.4 is 0 Å². The third-order valence-corrected chi connectivity index (χ3v) is 5.23. The molecular weight excluding hydrogens is 248 g/mol. The number of rotatable bonds is 2. The number of allylic oxidation sites excluding steroid dienone is 2. The second kappa shape index (κ2) is 6.75. The Morgan fingerprint density at radius 3 is 2.50 bits per heavy atom. The molecule has 2 saturated heterocycles. The number of amides is 1. The van der Waals surface area contributed by atoms with Crippen LogP contribution in [0.25, 0.3) is 0 Å². The number of hydrogen-bond acceptors (Lipinski definition) is 2. The molecule has 112 valence electrons. The van der Waals surface area contributed by atoms with Gasteiger partial charge in [-0.25, -0.2) is 0 Å². The highest BCUT2D eigenvalue weighted by Crippen LogP contribution is 2.25. The molecule has 2 atom stereocenters. The first kappa shape index (κ1) is 14.1. The van der Waals surface area contributed by atoms with E-state index >= 15 is 0 Å². The van der Waals surface area contributed by atoms with Crippen molar-refractivity contribution in [1.82, 2.24) is 9.80 Å². The summed E-state index contributed by atoms with van der Waals surface area (Å²) >= 11 is 0. The molecule has 3 nitrogen and oxygen atoms in total. The third kappa shape index (κ3) is 3.25. The van der Waals surface area contributed by atoms with Gasteiger partial charge in [0.25, 0.3) is 0 Å². The predicted molar refractivity (Wildman–Crippen MR) is 81.5 cm³/mol. The fraction of sp³-hybridized carbons (Fsp3) is 0.824. The van der Waals surface area contributed by atoms with Gasteiger partial charge in [0.05, 0.1) is 0 Å². The first-order valence-electron chi connectivity index (χ1n) is 8.52. The quantitative estimate of drug-likeness (QED) is 0.724. The van der Waals surface area contributed by atoms with Crippen molar-refractivity contribution in [2.45, 2.75) is 57.4 Å². The van der Waals surface area contributed by atoms with E-state index in [2.05, 4.69) is 22.0 Å². The number of carbonyl (C=O) groups excluding carboxylic acids is 1. The molecule has 3 heteroatoms. The van der Waals surface area contributed by atoms with Gasteiger partial charge in [-0.3, -0.25) is 9.69 Å². The predicted octanol–water partition coefficient (Wildman–Crippen LogP) is 2.82. The Labute approximate surface area is 123 Å². The van der Waals surface area contributed by atoms with E-state index in [1.54, 1.807) is 0 Å². The van der Waals surface area contributed by atoms with Crippen molar-refractivity contribution in [1.29, 1.82) is 0 Å². The first-order valence-corrected chi connectivity index (χ1v) is 8.52. The van der Waals surface area contributed by atoms with E-state index in [4.69, 9.17) is 0 Å². The highest BCUT2D eigenvalue weighted by Gasteiger charge is 2.30. The van der Waals surface area contributed by atoms with Gasteiger partial charge < -0.3 is 4.90 Å². The van der Waals surface area contributed by atoms with Gasteiger partial charge in [-0.15, -0.1) is 0 Å². The van der Waals surface area contributed by atoms with Crippen molar-refractivity contribution in [3.05, 3.63) is 12.2 Å². The van der Waals surface area contributed by atoms with Crippen molar-refractivity contribution in [3.63, 3.8) is 0 Å². The Morgan fingerprint density at radius 1 is 0.950 bits per heavy atom. The van der Waals surface area contributed by atoms with Crippen LogP contribution in [0.15, 0.2) is 12.2 Å². The molecule has 0 unspecified atom stereocenters. The van der Waals surface area contributed by atoms with Gasteiger partial charge in [0.2, 0.25) is 5.91 Å². The summed E-state index contributed by atoms with van der Waals surface area (Å²) in [5.74, 6) is 0.692. The molecule has 3 rings (SSSR count). The molecule has 1 aliphatic carbocycles. The monoisotopic (exact) mass is 276 g/mol. The van der Waals surface area contributed by atoms with Crippen LogP contribution in [0.4, 0.5) is 0 Å². The molecule has 0 aromatic carbocycles. The smallest absolute Gasteiger partial charge is 0.226 e. The SMILES string of the molecule is O=C([C@@H]1CC=CCC1)N1CCCC[C@H](N2CCCC2)C1. The van der Waals surface area contributed by atoms with Crippen LogP contribution in [0.2, 0.25) is 0 Å². The summed E-state index contributed by atoms with van der Waals surface area (Å²) in [6.07, 6.45) is 14.0. The lowest BCUT2D eigenvalue weighted by molar-refractivity contribution is -0.136. The van der Waals surface area contributed by atoms with E-state index in [0.29, 0.717) is 11.9 Å². The highest BCUT2D eigenvalue weighted by molar-refractivity contribution is 5.79. The van der Waals surface area contributed by atoms with Gasteiger partial charge in [-0.05, 0) is 58.0 Å². The highest BCUT2D eigenvalue weighted by atomic mass is 16.2. The van der Waals surface area contributed by atoms with E-state index < -0.39 is 0 Å². The Balaban J connectivity index is 1.61. The molecular formula is C17H28N2O. The van der Waals surface area contributed by atoms with Crippen molar-refractivity contribution in [2.24, 2.45) is 5.92 Å². The molecule has 2 fully saturated rings. The summed E-state index contributed by atoms with van der Waals surface area (Å²) in [7, 11) is 0. The Hall–Kier alpha value is -0.830. The average Bonchev–Trinajstić information content (AvgIpc) is 2.92. The fourth-order valence-electron chi connectivity index (χ4n) is 4.00. The summed E-state index contributed by atoms with van der Waals surface area (Å²) in [6, 6.07) is 0.628. The van der Waals surface area contributed by atoms with Gasteiger partial charge >= 0.3 is 0 Å². The molecule has 0 saturated carbocycles. The molecule has 0 N–H and O–H groups in total. The van der Waals surface area contributed by atoms with Crippen LogP contribution in [-0.4, -0.2) is 47.9 Å². The molecule has 20 heavy (non-hydrogen) atoms. The van der Waals surface area contributed by atoms with Crippen LogP contribution in [0.5, 0.6) is 0 Å². The molecule has 0 bridgehead atoms. The van der Waals surface area contributed by atoms with Crippen molar-refractivity contribution in [3.8, 4) is 0 Å². The van der Waals surface area contributed by atoms with Crippen LogP contribution in [0.3, 0.4) is 0 Å². The third-order valence-electron chi connectivity index (χ3n) is 5.23. The average molecular weight is 276 g/mol. The summed E-state index contributed by atoms with van der Waals surface area (Å²) < 4.78 is 0. The molecule has 0 spiro atoms. The van der Waals surface area contributed by atoms with E-state index in [-0.39, 0.29) is 5.92 Å². The minimum atomic E-state index is 0.261. The lowest BCUT2D eigenvalue weighted by Crippen LogP contribution is -2.45. The van der Waals surface area contributed by atoms with E-state index in [1.165, 1.54) is 45.2 Å². The second-order valence-electron chi connectivity index (χ2n) is 6.66. The van der Waals surface area contributed by atoms with Gasteiger partial charge in [-0.1, -0.05) is 18.6 Å². The molecule has 3 aliphatic rings. The molecule has 0 aromatic rings. The maximum absolute atomic E-state index is 12.7. The summed E-state index contributed by atoms with van der Waals surface area (Å²) in [5.41, 5.74) is 0. The van der Waals surface area contributed by atoms with Gasteiger partial charge in [0, 0.05) is 25.0 Å². The van der Waals surface area contributed by atoms with Crippen molar-refractivity contribution >= 4 is 5.91 Å². The van der Waals surface area contributed by atoms with E-state index in [1.807, 2.05) is 0 Å². The number of hydrogen-bond donors (Lipinski definition) is 0. The number of likely N-dealkylation sites (tertiary alicyclic amines) is 2. The summed E-state index contributed by atoms with van der Waals surface area (Å²) in [6.45, 7) is 4.47. The zero-order chi connectivity index (χ0) is 13.8. The second-order valence-corrected chi connectivity index (χ2v) is 6.66. The Bertz CT molecular complexity index is 360. The minimum absolute atomic E-state index is 0.261. The van der Waals surface area contributed by atoms with Crippen molar-refractivity contribution < 1.29 is 4.79 Å². The maximum Gasteiger partial charge on any atom is 0.226 e. The normalized spacial score (nSPS) is 32.3. The molecule has 1 amide bonds. The first-order chi connectivity index (χ1) is 9.84. The standard InChI is InChI=1S/C17H28N2O/c20-17(15-8-2-1-3-9-15)19-13-5-4-10-16(14-19)18-11-6-7-12-18/h1-2,15-16H,3-14H2/t15-,16+/m1/s1. The van der Waals surface area contributed by atoms with Gasteiger partial charge in [0.15, 0.2) is 0 Å². The number of nitrogens with zero attached hydrogens (tertiary/aromatic N) is 2. The van der Waals surface area contributed by atoms with Crippen LogP contribution >= 0.6 is 0 Å². The van der Waals surface area contributed by atoms with Gasteiger partial charge in [0.1, 0.15) is 0 Å². The molecule has 0 radical (unpaired) electrons. The largest absolute Gasteiger partial charge is 0.341 e. The Kier molecular flexibility index (Phi) is 4.77. The summed E-state index contributed by atoms with van der Waals surface area (Å²) in [5, 5.41) is 0. The van der Waals surface area contributed by atoms with Crippen LogP contribution in [0, 0.1) is 5.92 Å². The number of carbonyl (C=O) groups is 1. The minimum Gasteiger partial charge on any atom is -0.341 e. The lowest BCUT2D eigenvalue weighted by atomic mass is 9.93. The zero-order valence-electron chi connectivity index (χ0n) is 12.6. The van der Waals surface area contributed by atoms with Crippen LogP contribution in [0.1, 0.15) is 51.4 Å². The maximum atomic E-state index is 12.7. The fourth-order valence-corrected chi connectivity index (χ4v) is 4.00. The van der Waals surface area contributed by atoms with Crippen molar-refractivity contribution in [2.75, 3.05) is 26.2 Å². The lowest BCUT2D eigenvalue weighted by Gasteiger charge is -2.33. The summed E-state index contributed by atoms with van der Waals surface area (Å²) in [4.78, 5) is 17.6. The molecule has 0 aromatic heterocycles. The Morgan fingerprint density at radius 2 is 1.75 bits per heavy atom. The van der Waals surface area contributed by atoms with Crippen LogP contribution in [-0.2, 0) is 4.79 Å². The topological polar surface area (TPSA) is 23.6 Å². The van der Waals surface area contributed by atoms with E-state index in [0.717, 1.165) is 32.4 Å². The molecule has 2 aliphatic heterocycles. The van der Waals surface area contributed by atoms with Gasteiger partial charge in [-0.2, -0.15) is 0 Å².